The minimum Gasteiger partial charge on any atom is -0.341 e. The number of halogens is 1. The van der Waals surface area contributed by atoms with E-state index in [0.717, 1.165) is 5.52 Å². The van der Waals surface area contributed by atoms with Crippen molar-refractivity contribution in [3.8, 4) is 0 Å². The van der Waals surface area contributed by atoms with E-state index in [0.29, 0.717) is 21.3 Å². The first-order chi connectivity index (χ1) is 9.74. The Hall–Kier alpha value is -1.92. The van der Waals surface area contributed by atoms with Gasteiger partial charge in [-0.15, -0.1) is 0 Å². The molecule has 0 spiro atoms. The second-order valence-electron chi connectivity index (χ2n) is 4.00. The zero-order valence-corrected chi connectivity index (χ0v) is 11.8. The minimum absolute atomic E-state index is 0.00350. The van der Waals surface area contributed by atoms with E-state index in [1.165, 1.54) is 18.1 Å². The molecule has 0 atom stereocenters. The number of carbonyl (C=O) groups excluding carboxylic acids is 1. The summed E-state index contributed by atoms with van der Waals surface area (Å²) in [6.45, 7) is 0. The van der Waals surface area contributed by atoms with Crippen molar-refractivity contribution in [3.05, 3.63) is 47.5 Å². The number of carbonyl (C=O) groups is 1. The first-order valence-electron chi connectivity index (χ1n) is 5.79. The first-order valence-corrected chi connectivity index (χ1v) is 7.16. The van der Waals surface area contributed by atoms with Crippen LogP contribution in [0.3, 0.4) is 0 Å². The highest BCUT2D eigenvalue weighted by Gasteiger charge is 2.11. The number of H-pyrrole nitrogens is 1. The maximum atomic E-state index is 12.1. The number of benzene rings is 1. The molecule has 7 heteroatoms. The number of aromatic nitrogens is 4. The van der Waals surface area contributed by atoms with Gasteiger partial charge in [-0.3, -0.25) is 4.79 Å². The lowest BCUT2D eigenvalue weighted by atomic mass is 10.1. The van der Waals surface area contributed by atoms with E-state index in [4.69, 9.17) is 11.6 Å². The molecule has 3 rings (SSSR count). The number of hydrogen-bond acceptors (Lipinski definition) is 5. The summed E-state index contributed by atoms with van der Waals surface area (Å²) in [4.78, 5) is 27.3. The maximum Gasteiger partial charge on any atom is 0.181 e. The van der Waals surface area contributed by atoms with Gasteiger partial charge >= 0.3 is 0 Å². The summed E-state index contributed by atoms with van der Waals surface area (Å²) in [6, 6.07) is 6.92. The van der Waals surface area contributed by atoms with Crippen LogP contribution in [0.5, 0.6) is 0 Å². The highest BCUT2D eigenvalue weighted by Crippen LogP contribution is 2.23. The Balaban J connectivity index is 1.76. The average Bonchev–Trinajstić information content (AvgIpc) is 2.93. The number of nitrogens with one attached hydrogen (secondary N) is 1. The number of aromatic amines is 1. The number of hydrogen-bond donors (Lipinski definition) is 1. The van der Waals surface area contributed by atoms with Crippen molar-refractivity contribution >= 4 is 40.3 Å². The van der Waals surface area contributed by atoms with Crippen molar-refractivity contribution in [1.82, 2.24) is 19.9 Å². The number of imidazole rings is 1. The molecule has 2 aromatic heterocycles. The standard InChI is InChI=1S/C13H9ClN4OS/c14-9-3-1-2-8(4-9)10(19)5-20-13-11-12(16-6-15-11)17-7-18-13/h1-4,6-7H,5H2,(H,15,16,17,18). The Morgan fingerprint density at radius 1 is 1.30 bits per heavy atom. The fourth-order valence-corrected chi connectivity index (χ4v) is 2.77. The van der Waals surface area contributed by atoms with Gasteiger partial charge in [0.1, 0.15) is 16.9 Å². The molecule has 0 amide bonds. The molecular formula is C13H9ClN4OS. The number of Topliss-reactive ketones (excluding diaryl/α,β-unsaturated/α-hetero) is 1. The Kier molecular flexibility index (Phi) is 3.66. The van der Waals surface area contributed by atoms with Gasteiger partial charge in [0.15, 0.2) is 11.4 Å². The zero-order chi connectivity index (χ0) is 13.9. The van der Waals surface area contributed by atoms with Gasteiger partial charge in [0.05, 0.1) is 12.1 Å². The minimum atomic E-state index is 0.00350. The molecule has 5 nitrogen and oxygen atoms in total. The smallest absolute Gasteiger partial charge is 0.181 e. The second-order valence-corrected chi connectivity index (χ2v) is 5.40. The van der Waals surface area contributed by atoms with Crippen molar-refractivity contribution < 1.29 is 4.79 Å². The van der Waals surface area contributed by atoms with Crippen LogP contribution in [0.25, 0.3) is 11.2 Å². The number of fused-ring (bicyclic) bond motifs is 1. The molecule has 3 aromatic rings. The van der Waals surface area contributed by atoms with Crippen LogP contribution in [0.15, 0.2) is 41.9 Å². The Morgan fingerprint density at radius 3 is 3.05 bits per heavy atom. The Bertz CT molecular complexity index is 774. The Labute approximate surface area is 123 Å². The molecule has 1 aromatic carbocycles. The average molecular weight is 305 g/mol. The molecule has 0 fully saturated rings. The maximum absolute atomic E-state index is 12.1. The van der Waals surface area contributed by atoms with Crippen LogP contribution in [0.2, 0.25) is 5.02 Å². The van der Waals surface area contributed by atoms with Crippen molar-refractivity contribution in [3.63, 3.8) is 0 Å². The normalized spacial score (nSPS) is 10.8. The molecule has 0 unspecified atom stereocenters. The molecule has 20 heavy (non-hydrogen) atoms. The lowest BCUT2D eigenvalue weighted by Crippen LogP contribution is -2.02. The third kappa shape index (κ3) is 2.66. The molecule has 0 aliphatic rings. The first kappa shape index (κ1) is 13.1. The summed E-state index contributed by atoms with van der Waals surface area (Å²) in [5, 5.41) is 1.27. The van der Waals surface area contributed by atoms with Gasteiger partial charge in [-0.25, -0.2) is 15.0 Å². The SMILES string of the molecule is O=C(CSc1ncnc2nc[nH]c12)c1cccc(Cl)c1. The largest absolute Gasteiger partial charge is 0.341 e. The van der Waals surface area contributed by atoms with E-state index < -0.39 is 0 Å². The molecule has 0 saturated carbocycles. The summed E-state index contributed by atoms with van der Waals surface area (Å²) < 4.78 is 0. The molecule has 2 heterocycles. The van der Waals surface area contributed by atoms with E-state index in [9.17, 15) is 4.79 Å². The summed E-state index contributed by atoms with van der Waals surface area (Å²) >= 11 is 7.22. The van der Waals surface area contributed by atoms with Crippen LogP contribution in [-0.2, 0) is 0 Å². The van der Waals surface area contributed by atoms with E-state index in [2.05, 4.69) is 19.9 Å². The molecule has 0 radical (unpaired) electrons. The fourth-order valence-electron chi connectivity index (χ4n) is 1.73. The quantitative estimate of drug-likeness (QED) is 0.456. The van der Waals surface area contributed by atoms with Crippen LogP contribution >= 0.6 is 23.4 Å². The predicted octanol–water partition coefficient (Wildman–Crippen LogP) is 2.98. The van der Waals surface area contributed by atoms with Gasteiger partial charge in [-0.1, -0.05) is 35.5 Å². The zero-order valence-electron chi connectivity index (χ0n) is 10.2. The van der Waals surface area contributed by atoms with E-state index in [1.807, 2.05) is 0 Å². The topological polar surface area (TPSA) is 71.5 Å². The highest BCUT2D eigenvalue weighted by atomic mass is 35.5. The van der Waals surface area contributed by atoms with Crippen molar-refractivity contribution in [2.75, 3.05) is 5.75 Å². The second kappa shape index (κ2) is 5.60. The Morgan fingerprint density at radius 2 is 2.20 bits per heavy atom. The number of nitrogens with zero attached hydrogens (tertiary/aromatic N) is 3. The third-order valence-corrected chi connectivity index (χ3v) is 3.90. The van der Waals surface area contributed by atoms with Crippen LogP contribution in [0.4, 0.5) is 0 Å². The molecular weight excluding hydrogens is 296 g/mol. The molecule has 0 aliphatic heterocycles. The van der Waals surface area contributed by atoms with Gasteiger partial charge < -0.3 is 4.98 Å². The van der Waals surface area contributed by atoms with Gasteiger partial charge in [0.25, 0.3) is 0 Å². The summed E-state index contributed by atoms with van der Waals surface area (Å²) in [7, 11) is 0. The lowest BCUT2D eigenvalue weighted by molar-refractivity contribution is 0.102. The van der Waals surface area contributed by atoms with Crippen LogP contribution < -0.4 is 0 Å². The van der Waals surface area contributed by atoms with Gasteiger partial charge in [0, 0.05) is 10.6 Å². The number of rotatable bonds is 4. The number of ketones is 1. The monoisotopic (exact) mass is 304 g/mol. The molecule has 1 N–H and O–H groups in total. The van der Waals surface area contributed by atoms with E-state index >= 15 is 0 Å². The van der Waals surface area contributed by atoms with Gasteiger partial charge in [-0.05, 0) is 12.1 Å². The summed E-state index contributed by atoms with van der Waals surface area (Å²) in [6.07, 6.45) is 3.00. The lowest BCUT2D eigenvalue weighted by Gasteiger charge is -2.02. The third-order valence-electron chi connectivity index (χ3n) is 2.67. The predicted molar refractivity (Wildman–Crippen MR) is 78.2 cm³/mol. The fraction of sp³-hybridized carbons (Fsp3) is 0.0769. The van der Waals surface area contributed by atoms with Crippen molar-refractivity contribution in [2.45, 2.75) is 5.03 Å². The van der Waals surface area contributed by atoms with Crippen LogP contribution in [0, 0.1) is 0 Å². The van der Waals surface area contributed by atoms with E-state index in [1.54, 1.807) is 30.6 Å². The molecule has 100 valence electrons. The van der Waals surface area contributed by atoms with Crippen molar-refractivity contribution in [2.24, 2.45) is 0 Å². The number of thioether (sulfide) groups is 1. The summed E-state index contributed by atoms with van der Waals surface area (Å²) in [5.41, 5.74) is 1.94. The molecule has 0 bridgehead atoms. The summed E-state index contributed by atoms with van der Waals surface area (Å²) in [5.74, 6) is 0.287. The van der Waals surface area contributed by atoms with Crippen LogP contribution in [-0.4, -0.2) is 31.5 Å². The highest BCUT2D eigenvalue weighted by molar-refractivity contribution is 8.00. The van der Waals surface area contributed by atoms with Gasteiger partial charge in [0.2, 0.25) is 0 Å². The van der Waals surface area contributed by atoms with E-state index in [-0.39, 0.29) is 11.5 Å². The van der Waals surface area contributed by atoms with Gasteiger partial charge in [-0.2, -0.15) is 0 Å². The molecule has 0 aliphatic carbocycles. The molecule has 0 saturated heterocycles. The van der Waals surface area contributed by atoms with Crippen molar-refractivity contribution in [1.29, 1.82) is 0 Å². The van der Waals surface area contributed by atoms with Crippen LogP contribution in [0.1, 0.15) is 10.4 Å².